The van der Waals surface area contributed by atoms with Gasteiger partial charge in [0.1, 0.15) is 0 Å². The molecule has 3 N–H and O–H groups in total. The lowest BCUT2D eigenvalue weighted by Crippen LogP contribution is -2.34. The van der Waals surface area contributed by atoms with Crippen molar-refractivity contribution in [3.8, 4) is 11.1 Å². The number of rotatable bonds is 3. The Morgan fingerprint density at radius 2 is 1.59 bits per heavy atom. The molecule has 0 heterocycles. The predicted octanol–water partition coefficient (Wildman–Crippen LogP) is 4.11. The second-order valence-corrected chi connectivity index (χ2v) is 5.75. The summed E-state index contributed by atoms with van der Waals surface area (Å²) in [5.41, 5.74) is 12.0. The summed E-state index contributed by atoms with van der Waals surface area (Å²) in [5.74, 6) is 0. The summed E-state index contributed by atoms with van der Waals surface area (Å²) in [6, 6.07) is 10.8. The van der Waals surface area contributed by atoms with Gasteiger partial charge in [0.15, 0.2) is 0 Å². The topological polar surface area (TPSA) is 66.6 Å². The standard InChI is InChI=1S/C18H22N2O2/c1-11-9-12(2)17(13(3)10-11)16-7-5-15(6-8-16)14(4)20(22)18(19)21/h5-10,14,22H,1-4H3,(H2,19,21). The van der Waals surface area contributed by atoms with E-state index < -0.39 is 12.1 Å². The normalized spacial score (nSPS) is 12.0. The molecule has 0 aliphatic heterocycles. The van der Waals surface area contributed by atoms with Crippen LogP contribution < -0.4 is 5.73 Å². The highest BCUT2D eigenvalue weighted by molar-refractivity contribution is 5.72. The third kappa shape index (κ3) is 3.12. The number of amides is 2. The summed E-state index contributed by atoms with van der Waals surface area (Å²) >= 11 is 0. The van der Waals surface area contributed by atoms with Crippen LogP contribution in [0.1, 0.15) is 35.2 Å². The second kappa shape index (κ2) is 6.20. The van der Waals surface area contributed by atoms with Gasteiger partial charge in [-0.2, -0.15) is 5.06 Å². The lowest BCUT2D eigenvalue weighted by Gasteiger charge is -2.21. The number of benzene rings is 2. The Bertz CT molecular complexity index is 670. The van der Waals surface area contributed by atoms with Crippen molar-refractivity contribution in [3.63, 3.8) is 0 Å². The molecular formula is C18H22N2O2. The second-order valence-electron chi connectivity index (χ2n) is 5.75. The molecule has 0 spiro atoms. The lowest BCUT2D eigenvalue weighted by atomic mass is 9.93. The Labute approximate surface area is 131 Å². The third-order valence-corrected chi connectivity index (χ3v) is 3.95. The van der Waals surface area contributed by atoms with Gasteiger partial charge < -0.3 is 5.73 Å². The molecule has 2 amide bonds. The number of hydrogen-bond donors (Lipinski definition) is 2. The summed E-state index contributed by atoms with van der Waals surface area (Å²) in [4.78, 5) is 11.0. The van der Waals surface area contributed by atoms with Crippen molar-refractivity contribution in [2.75, 3.05) is 0 Å². The monoisotopic (exact) mass is 298 g/mol. The van der Waals surface area contributed by atoms with E-state index in [1.165, 1.54) is 22.3 Å². The summed E-state index contributed by atoms with van der Waals surface area (Å²) < 4.78 is 0. The van der Waals surface area contributed by atoms with Crippen molar-refractivity contribution in [1.82, 2.24) is 5.06 Å². The SMILES string of the molecule is Cc1cc(C)c(-c2ccc(C(C)N(O)C(N)=O)cc2)c(C)c1. The molecular weight excluding hydrogens is 276 g/mol. The minimum atomic E-state index is -0.859. The fourth-order valence-electron chi connectivity index (χ4n) is 2.90. The zero-order chi connectivity index (χ0) is 16.4. The van der Waals surface area contributed by atoms with Gasteiger partial charge in [0.05, 0.1) is 6.04 Å². The van der Waals surface area contributed by atoms with Gasteiger partial charge in [-0.25, -0.2) is 4.79 Å². The molecule has 0 saturated carbocycles. The van der Waals surface area contributed by atoms with Crippen molar-refractivity contribution in [1.29, 1.82) is 0 Å². The van der Waals surface area contributed by atoms with Crippen LogP contribution in [0.15, 0.2) is 36.4 Å². The van der Waals surface area contributed by atoms with Crippen molar-refractivity contribution in [3.05, 3.63) is 58.7 Å². The van der Waals surface area contributed by atoms with E-state index in [0.29, 0.717) is 5.06 Å². The van der Waals surface area contributed by atoms with Crippen LogP contribution in [0.4, 0.5) is 4.79 Å². The molecule has 1 atom stereocenters. The van der Waals surface area contributed by atoms with Crippen LogP contribution in [-0.4, -0.2) is 16.3 Å². The van der Waals surface area contributed by atoms with E-state index in [9.17, 15) is 10.0 Å². The Kier molecular flexibility index (Phi) is 4.52. The van der Waals surface area contributed by atoms with Crippen LogP contribution in [0.5, 0.6) is 0 Å². The number of primary amides is 1. The van der Waals surface area contributed by atoms with E-state index in [-0.39, 0.29) is 0 Å². The first-order valence-corrected chi connectivity index (χ1v) is 7.27. The first-order valence-electron chi connectivity index (χ1n) is 7.27. The highest BCUT2D eigenvalue weighted by Gasteiger charge is 2.17. The molecule has 0 aliphatic rings. The molecule has 4 heteroatoms. The molecule has 0 radical (unpaired) electrons. The molecule has 2 aromatic rings. The van der Waals surface area contributed by atoms with Gasteiger partial charge in [-0.3, -0.25) is 5.21 Å². The summed E-state index contributed by atoms with van der Waals surface area (Å²) in [6.07, 6.45) is 0. The molecule has 2 rings (SSSR count). The summed E-state index contributed by atoms with van der Waals surface area (Å²) in [7, 11) is 0. The van der Waals surface area contributed by atoms with Crippen LogP contribution >= 0.6 is 0 Å². The van der Waals surface area contributed by atoms with Gasteiger partial charge in [0.2, 0.25) is 0 Å². The predicted molar refractivity (Wildman–Crippen MR) is 87.7 cm³/mol. The Morgan fingerprint density at radius 1 is 1.09 bits per heavy atom. The molecule has 4 nitrogen and oxygen atoms in total. The zero-order valence-electron chi connectivity index (χ0n) is 13.4. The smallest absolute Gasteiger partial charge is 0.339 e. The molecule has 0 aliphatic carbocycles. The van der Waals surface area contributed by atoms with E-state index in [4.69, 9.17) is 5.73 Å². The molecule has 2 aromatic carbocycles. The van der Waals surface area contributed by atoms with E-state index >= 15 is 0 Å². The average molecular weight is 298 g/mol. The quantitative estimate of drug-likeness (QED) is 0.661. The molecule has 0 saturated heterocycles. The molecule has 116 valence electrons. The van der Waals surface area contributed by atoms with Crippen LogP contribution in [0.25, 0.3) is 11.1 Å². The minimum absolute atomic E-state index is 0.480. The molecule has 22 heavy (non-hydrogen) atoms. The van der Waals surface area contributed by atoms with E-state index in [0.717, 1.165) is 11.1 Å². The number of carbonyl (C=O) groups excluding carboxylic acids is 1. The van der Waals surface area contributed by atoms with Crippen molar-refractivity contribution in [2.24, 2.45) is 5.73 Å². The molecule has 0 bridgehead atoms. The van der Waals surface area contributed by atoms with Crippen LogP contribution in [-0.2, 0) is 0 Å². The van der Waals surface area contributed by atoms with Crippen molar-refractivity contribution in [2.45, 2.75) is 33.7 Å². The van der Waals surface area contributed by atoms with Gasteiger partial charge in [0.25, 0.3) is 0 Å². The Hall–Kier alpha value is -2.33. The highest BCUT2D eigenvalue weighted by Crippen LogP contribution is 2.30. The molecule has 0 aromatic heterocycles. The molecule has 0 fully saturated rings. The number of carbonyl (C=O) groups is 1. The summed E-state index contributed by atoms with van der Waals surface area (Å²) in [5, 5.41) is 10.2. The van der Waals surface area contributed by atoms with E-state index in [1.54, 1.807) is 6.92 Å². The maximum absolute atomic E-state index is 11.0. The fraction of sp³-hybridized carbons (Fsp3) is 0.278. The van der Waals surface area contributed by atoms with E-state index in [1.807, 2.05) is 24.3 Å². The number of nitrogens with zero attached hydrogens (tertiary/aromatic N) is 1. The minimum Gasteiger partial charge on any atom is -0.350 e. The van der Waals surface area contributed by atoms with Gasteiger partial charge in [-0.1, -0.05) is 42.0 Å². The molecule has 1 unspecified atom stereocenters. The Morgan fingerprint density at radius 3 is 2.05 bits per heavy atom. The van der Waals surface area contributed by atoms with E-state index in [2.05, 4.69) is 32.9 Å². The fourth-order valence-corrected chi connectivity index (χ4v) is 2.90. The summed E-state index contributed by atoms with van der Waals surface area (Å²) in [6.45, 7) is 8.03. The largest absolute Gasteiger partial charge is 0.350 e. The lowest BCUT2D eigenvalue weighted by molar-refractivity contribution is -0.0709. The van der Waals surface area contributed by atoms with Crippen molar-refractivity contribution < 1.29 is 10.0 Å². The average Bonchev–Trinajstić information content (AvgIpc) is 2.45. The number of hydrogen-bond acceptors (Lipinski definition) is 2. The van der Waals surface area contributed by atoms with Gasteiger partial charge >= 0.3 is 6.03 Å². The number of urea groups is 1. The number of aryl methyl sites for hydroxylation is 3. The van der Waals surface area contributed by atoms with Crippen LogP contribution in [0.3, 0.4) is 0 Å². The maximum atomic E-state index is 11.0. The van der Waals surface area contributed by atoms with Gasteiger partial charge in [-0.05, 0) is 55.5 Å². The number of nitrogens with two attached hydrogens (primary N) is 1. The number of hydroxylamine groups is 2. The first kappa shape index (κ1) is 16.0. The van der Waals surface area contributed by atoms with Crippen LogP contribution in [0, 0.1) is 20.8 Å². The van der Waals surface area contributed by atoms with Gasteiger partial charge in [-0.15, -0.1) is 0 Å². The first-order chi connectivity index (χ1) is 10.3. The zero-order valence-corrected chi connectivity index (χ0v) is 13.4. The maximum Gasteiger partial charge on any atom is 0.339 e. The van der Waals surface area contributed by atoms with Gasteiger partial charge in [0, 0.05) is 0 Å². The van der Waals surface area contributed by atoms with Crippen molar-refractivity contribution >= 4 is 6.03 Å². The third-order valence-electron chi connectivity index (χ3n) is 3.95. The Balaban J connectivity index is 2.36. The highest BCUT2D eigenvalue weighted by atomic mass is 16.5. The van der Waals surface area contributed by atoms with Crippen LogP contribution in [0.2, 0.25) is 0 Å².